The number of anilines is 2. The molecule has 8 nitrogen and oxygen atoms in total. The first-order valence-corrected chi connectivity index (χ1v) is 11.2. The van der Waals surface area contributed by atoms with Gasteiger partial charge in [0.15, 0.2) is 11.6 Å². The Morgan fingerprint density at radius 3 is 2.67 bits per heavy atom. The fourth-order valence-electron chi connectivity index (χ4n) is 4.67. The number of piperidine rings is 1. The Labute approximate surface area is 196 Å². The number of nitrogens with one attached hydrogen (secondary N) is 1. The lowest BCUT2D eigenvalue weighted by Gasteiger charge is -2.45. The summed E-state index contributed by atoms with van der Waals surface area (Å²) in [4.78, 5) is 2.18. The molecule has 2 unspecified atom stereocenters. The molecule has 2 fully saturated rings. The number of hydrogen-bond donors (Lipinski definition) is 2. The molecular formula is C24H24ClN5O3. The number of halogens is 1. The highest BCUT2D eigenvalue weighted by Gasteiger charge is 2.40. The van der Waals surface area contributed by atoms with Crippen molar-refractivity contribution < 1.29 is 14.6 Å². The first-order valence-electron chi connectivity index (χ1n) is 10.8. The van der Waals surface area contributed by atoms with E-state index in [2.05, 4.69) is 26.5 Å². The van der Waals surface area contributed by atoms with Crippen LogP contribution in [0.25, 0.3) is 10.8 Å². The molecule has 2 aliphatic rings. The second-order valence-electron chi connectivity index (χ2n) is 8.52. The molecule has 2 N–H and O–H groups in total. The van der Waals surface area contributed by atoms with Crippen LogP contribution in [0, 0.1) is 23.2 Å². The van der Waals surface area contributed by atoms with Crippen LogP contribution >= 0.6 is 11.6 Å². The van der Waals surface area contributed by atoms with Crippen molar-refractivity contribution in [1.29, 1.82) is 5.26 Å². The third-order valence-corrected chi connectivity index (χ3v) is 6.70. The lowest BCUT2D eigenvalue weighted by molar-refractivity contribution is -0.0870. The molecule has 9 heteroatoms. The Morgan fingerprint density at radius 2 is 1.97 bits per heavy atom. The van der Waals surface area contributed by atoms with Gasteiger partial charge in [0.2, 0.25) is 0 Å². The normalized spacial score (nSPS) is 22.1. The van der Waals surface area contributed by atoms with Gasteiger partial charge in [-0.2, -0.15) is 5.26 Å². The first-order chi connectivity index (χ1) is 16.1. The van der Waals surface area contributed by atoms with E-state index < -0.39 is 0 Å². The van der Waals surface area contributed by atoms with Crippen molar-refractivity contribution in [1.82, 2.24) is 10.2 Å². The summed E-state index contributed by atoms with van der Waals surface area (Å²) in [5.41, 5.74) is 1.52. The van der Waals surface area contributed by atoms with Gasteiger partial charge >= 0.3 is 0 Å². The highest BCUT2D eigenvalue weighted by molar-refractivity contribution is 6.32. The van der Waals surface area contributed by atoms with Gasteiger partial charge in [-0.05, 0) is 35.9 Å². The number of nitriles is 1. The zero-order valence-electron chi connectivity index (χ0n) is 18.2. The van der Waals surface area contributed by atoms with Crippen molar-refractivity contribution in [2.75, 3.05) is 43.6 Å². The minimum Gasteiger partial charge on any atom is -0.495 e. The fourth-order valence-corrected chi connectivity index (χ4v) is 4.95. The second kappa shape index (κ2) is 9.02. The summed E-state index contributed by atoms with van der Waals surface area (Å²) in [5.74, 6) is 2.07. The maximum Gasteiger partial charge on any atom is 0.159 e. The molecule has 2 saturated heterocycles. The highest BCUT2D eigenvalue weighted by Crippen LogP contribution is 2.35. The van der Waals surface area contributed by atoms with Crippen LogP contribution in [0.2, 0.25) is 5.02 Å². The van der Waals surface area contributed by atoms with Crippen LogP contribution in [0.15, 0.2) is 36.4 Å². The third-order valence-electron chi connectivity index (χ3n) is 6.40. The Balaban J connectivity index is 1.47. The molecular weight excluding hydrogens is 442 g/mol. The van der Waals surface area contributed by atoms with Gasteiger partial charge in [0.1, 0.15) is 5.75 Å². The molecule has 3 aromatic rings. The van der Waals surface area contributed by atoms with Crippen LogP contribution in [0.4, 0.5) is 11.6 Å². The molecule has 0 radical (unpaired) electrons. The Hall–Kier alpha value is -3.12. The van der Waals surface area contributed by atoms with Crippen molar-refractivity contribution in [3.63, 3.8) is 0 Å². The molecule has 5 rings (SSSR count). The number of benzene rings is 2. The topological polar surface area (TPSA) is 104 Å². The number of fused-ring (bicyclic) bond motifs is 3. The van der Waals surface area contributed by atoms with E-state index in [9.17, 15) is 10.4 Å². The van der Waals surface area contributed by atoms with Crippen LogP contribution in [-0.4, -0.2) is 54.8 Å². The lowest BCUT2D eigenvalue weighted by Crippen LogP contribution is -2.55. The molecule has 0 saturated carbocycles. The maximum absolute atomic E-state index is 10.5. The SMILES string of the molecule is COc1ccc(CNc2nnc(N3CC4COCC(C3)C4O)c3ccc(C#N)cc23)cc1Cl. The average Bonchev–Trinajstić information content (AvgIpc) is 2.82. The van der Waals surface area contributed by atoms with Gasteiger partial charge in [-0.1, -0.05) is 17.7 Å². The minimum atomic E-state index is -0.350. The Kier molecular flexibility index (Phi) is 5.94. The van der Waals surface area contributed by atoms with E-state index in [0.717, 1.165) is 22.2 Å². The number of aliphatic hydroxyl groups is 1. The Morgan fingerprint density at radius 1 is 1.18 bits per heavy atom. The number of rotatable bonds is 5. The average molecular weight is 466 g/mol. The Bertz CT molecular complexity index is 1220. The number of hydrogen-bond acceptors (Lipinski definition) is 8. The third kappa shape index (κ3) is 4.15. The van der Waals surface area contributed by atoms with Gasteiger partial charge in [-0.3, -0.25) is 0 Å². The monoisotopic (exact) mass is 465 g/mol. The summed E-state index contributed by atoms with van der Waals surface area (Å²) in [6, 6.07) is 13.4. The van der Waals surface area contributed by atoms with Crippen molar-refractivity contribution in [3.05, 3.63) is 52.5 Å². The largest absolute Gasteiger partial charge is 0.495 e. The number of aliphatic hydroxyl groups excluding tert-OH is 1. The predicted octanol–water partition coefficient (Wildman–Crippen LogP) is 3.22. The zero-order chi connectivity index (χ0) is 22.9. The molecule has 2 bridgehead atoms. The summed E-state index contributed by atoms with van der Waals surface area (Å²) in [6.07, 6.45) is -0.350. The van der Waals surface area contributed by atoms with E-state index in [1.54, 1.807) is 13.2 Å². The number of methoxy groups -OCH3 is 1. The molecule has 0 amide bonds. The number of ether oxygens (including phenoxy) is 2. The quantitative estimate of drug-likeness (QED) is 0.592. The first kappa shape index (κ1) is 21.7. The van der Waals surface area contributed by atoms with Crippen molar-refractivity contribution in [2.24, 2.45) is 11.8 Å². The van der Waals surface area contributed by atoms with E-state index in [4.69, 9.17) is 21.1 Å². The van der Waals surface area contributed by atoms with E-state index >= 15 is 0 Å². The smallest absolute Gasteiger partial charge is 0.159 e. The van der Waals surface area contributed by atoms with E-state index in [-0.39, 0.29) is 17.9 Å². The van der Waals surface area contributed by atoms with Gasteiger partial charge in [0.25, 0.3) is 0 Å². The van der Waals surface area contributed by atoms with E-state index in [1.807, 2.05) is 30.3 Å². The lowest BCUT2D eigenvalue weighted by atomic mass is 9.84. The molecule has 0 spiro atoms. The van der Waals surface area contributed by atoms with Gasteiger partial charge in [-0.15, -0.1) is 10.2 Å². The predicted molar refractivity (Wildman–Crippen MR) is 126 cm³/mol. The zero-order valence-corrected chi connectivity index (χ0v) is 18.9. The standard InChI is InChI=1S/C24H24ClN5O3/c1-32-21-5-3-15(7-20(21)25)9-27-23-19-6-14(8-26)2-4-18(19)24(29-28-23)30-10-16-12-33-13-17(11-30)22(16)31/h2-7,16-17,22,31H,9-13H2,1H3,(H,27,28). The fraction of sp³-hybridized carbons (Fsp3) is 0.375. The minimum absolute atomic E-state index is 0.0466. The number of nitrogens with zero attached hydrogens (tertiary/aromatic N) is 4. The summed E-state index contributed by atoms with van der Waals surface area (Å²) in [7, 11) is 1.58. The molecule has 0 aliphatic carbocycles. The van der Waals surface area contributed by atoms with E-state index in [0.29, 0.717) is 55.0 Å². The number of aromatic nitrogens is 2. The summed E-state index contributed by atoms with van der Waals surface area (Å²) in [6.45, 7) is 2.88. The van der Waals surface area contributed by atoms with Gasteiger partial charge in [-0.25, -0.2) is 0 Å². The van der Waals surface area contributed by atoms with Crippen LogP contribution in [0.5, 0.6) is 5.75 Å². The van der Waals surface area contributed by atoms with Crippen molar-refractivity contribution >= 4 is 34.0 Å². The van der Waals surface area contributed by atoms with Crippen LogP contribution < -0.4 is 15.0 Å². The molecule has 2 atom stereocenters. The van der Waals surface area contributed by atoms with E-state index in [1.165, 1.54) is 0 Å². The molecule has 2 aromatic carbocycles. The molecule has 33 heavy (non-hydrogen) atoms. The van der Waals surface area contributed by atoms with Crippen LogP contribution in [-0.2, 0) is 11.3 Å². The summed E-state index contributed by atoms with van der Waals surface area (Å²) in [5, 5.41) is 34.6. The van der Waals surface area contributed by atoms with Gasteiger partial charge in [0, 0.05) is 42.2 Å². The van der Waals surface area contributed by atoms with Gasteiger partial charge in [0.05, 0.1) is 43.1 Å². The molecule has 1 aromatic heterocycles. The van der Waals surface area contributed by atoms with Crippen LogP contribution in [0.1, 0.15) is 11.1 Å². The molecule has 3 heterocycles. The highest BCUT2D eigenvalue weighted by atomic mass is 35.5. The van der Waals surface area contributed by atoms with Gasteiger partial charge < -0.3 is 24.8 Å². The summed E-state index contributed by atoms with van der Waals surface area (Å²) < 4.78 is 10.9. The maximum atomic E-state index is 10.5. The van der Waals surface area contributed by atoms with Crippen LogP contribution in [0.3, 0.4) is 0 Å². The summed E-state index contributed by atoms with van der Waals surface area (Å²) >= 11 is 6.25. The van der Waals surface area contributed by atoms with Crippen molar-refractivity contribution in [3.8, 4) is 11.8 Å². The molecule has 170 valence electrons. The molecule has 2 aliphatic heterocycles. The van der Waals surface area contributed by atoms with Crippen molar-refractivity contribution in [2.45, 2.75) is 12.6 Å². The second-order valence-corrected chi connectivity index (χ2v) is 8.93.